The summed E-state index contributed by atoms with van der Waals surface area (Å²) in [5, 5.41) is 5.87. The van der Waals surface area contributed by atoms with Gasteiger partial charge in [-0.15, -0.1) is 0 Å². The first-order chi connectivity index (χ1) is 9.78. The summed E-state index contributed by atoms with van der Waals surface area (Å²) in [4.78, 5) is 15.8. The summed E-state index contributed by atoms with van der Waals surface area (Å²) in [6.07, 6.45) is 3.49. The van der Waals surface area contributed by atoms with Crippen LogP contribution in [0.4, 0.5) is 5.69 Å². The summed E-state index contributed by atoms with van der Waals surface area (Å²) in [5.41, 5.74) is 1.80. The van der Waals surface area contributed by atoms with Gasteiger partial charge in [-0.25, -0.2) is 0 Å². The lowest BCUT2D eigenvalue weighted by Crippen LogP contribution is -2.27. The highest BCUT2D eigenvalue weighted by atomic mass is 16.5. The highest BCUT2D eigenvalue weighted by molar-refractivity contribution is 5.92. The summed E-state index contributed by atoms with van der Waals surface area (Å²) in [7, 11) is 1.61. The zero-order valence-corrected chi connectivity index (χ0v) is 11.3. The quantitative estimate of drug-likeness (QED) is 0.841. The molecule has 20 heavy (non-hydrogen) atoms. The maximum Gasteiger partial charge on any atom is 0.238 e. The number of carbonyl (C=O) groups excluding carboxylic acids is 1. The summed E-state index contributed by atoms with van der Waals surface area (Å²) in [6.45, 7) is 0.866. The minimum Gasteiger partial charge on any atom is -0.497 e. The van der Waals surface area contributed by atoms with Crippen molar-refractivity contribution in [2.45, 2.75) is 6.54 Å². The molecule has 0 aliphatic carbocycles. The van der Waals surface area contributed by atoms with Crippen LogP contribution in [0.2, 0.25) is 0 Å². The van der Waals surface area contributed by atoms with Gasteiger partial charge in [-0.1, -0.05) is 6.07 Å². The van der Waals surface area contributed by atoms with Crippen LogP contribution in [0.1, 0.15) is 5.56 Å². The number of hydrogen-bond donors (Lipinski definition) is 2. The molecule has 0 aliphatic heterocycles. The number of amides is 1. The first-order valence-corrected chi connectivity index (χ1v) is 6.31. The molecule has 1 aromatic carbocycles. The van der Waals surface area contributed by atoms with Gasteiger partial charge in [-0.3, -0.25) is 9.78 Å². The summed E-state index contributed by atoms with van der Waals surface area (Å²) in [6, 6.07) is 11.0. The molecule has 5 heteroatoms. The number of ether oxygens (including phenoxy) is 1. The number of rotatable bonds is 6. The molecule has 0 fully saturated rings. The second-order valence-corrected chi connectivity index (χ2v) is 4.24. The molecule has 104 valence electrons. The van der Waals surface area contributed by atoms with E-state index < -0.39 is 0 Å². The molecule has 0 spiro atoms. The second kappa shape index (κ2) is 7.25. The Morgan fingerprint density at radius 1 is 1.25 bits per heavy atom. The van der Waals surface area contributed by atoms with E-state index in [0.29, 0.717) is 6.54 Å². The Labute approximate surface area is 118 Å². The maximum absolute atomic E-state index is 11.7. The van der Waals surface area contributed by atoms with Crippen molar-refractivity contribution in [3.05, 3.63) is 54.4 Å². The van der Waals surface area contributed by atoms with Crippen molar-refractivity contribution >= 4 is 11.6 Å². The summed E-state index contributed by atoms with van der Waals surface area (Å²) >= 11 is 0. The molecule has 0 saturated carbocycles. The number of methoxy groups -OCH3 is 1. The molecule has 1 heterocycles. The van der Waals surface area contributed by atoms with Crippen molar-refractivity contribution in [1.82, 2.24) is 10.3 Å². The number of carbonyl (C=O) groups is 1. The maximum atomic E-state index is 11.7. The molecule has 2 aromatic rings. The van der Waals surface area contributed by atoms with Gasteiger partial charge in [0, 0.05) is 24.6 Å². The fourth-order valence-corrected chi connectivity index (χ4v) is 1.70. The molecular formula is C15H17N3O2. The van der Waals surface area contributed by atoms with E-state index in [9.17, 15) is 4.79 Å². The van der Waals surface area contributed by atoms with Gasteiger partial charge in [0.15, 0.2) is 0 Å². The van der Waals surface area contributed by atoms with Gasteiger partial charge in [0.2, 0.25) is 5.91 Å². The van der Waals surface area contributed by atoms with E-state index in [4.69, 9.17) is 4.74 Å². The van der Waals surface area contributed by atoms with Crippen LogP contribution in [0.3, 0.4) is 0 Å². The Hall–Kier alpha value is -2.40. The van der Waals surface area contributed by atoms with E-state index in [2.05, 4.69) is 15.6 Å². The van der Waals surface area contributed by atoms with Crippen LogP contribution in [0.25, 0.3) is 0 Å². The van der Waals surface area contributed by atoms with Crippen molar-refractivity contribution in [2.75, 3.05) is 19.0 Å². The number of aromatic nitrogens is 1. The zero-order valence-electron chi connectivity index (χ0n) is 11.3. The Bertz CT molecular complexity index is 541. The monoisotopic (exact) mass is 271 g/mol. The van der Waals surface area contributed by atoms with E-state index in [-0.39, 0.29) is 12.5 Å². The van der Waals surface area contributed by atoms with E-state index in [1.807, 2.05) is 12.1 Å². The third kappa shape index (κ3) is 4.37. The largest absolute Gasteiger partial charge is 0.497 e. The molecule has 2 N–H and O–H groups in total. The summed E-state index contributed by atoms with van der Waals surface area (Å²) in [5.74, 6) is 0.678. The normalized spacial score (nSPS) is 10.1. The van der Waals surface area contributed by atoms with Crippen LogP contribution in [-0.2, 0) is 11.3 Å². The molecule has 0 saturated heterocycles. The van der Waals surface area contributed by atoms with Crippen LogP contribution < -0.4 is 15.4 Å². The zero-order chi connectivity index (χ0) is 14.2. The Balaban J connectivity index is 1.74. The molecule has 0 radical (unpaired) electrons. The lowest BCUT2D eigenvalue weighted by molar-refractivity contribution is -0.115. The van der Waals surface area contributed by atoms with E-state index >= 15 is 0 Å². The first kappa shape index (κ1) is 14.0. The molecule has 2 rings (SSSR count). The van der Waals surface area contributed by atoms with Crippen LogP contribution in [0, 0.1) is 0 Å². The van der Waals surface area contributed by atoms with Gasteiger partial charge < -0.3 is 15.4 Å². The third-order valence-corrected chi connectivity index (χ3v) is 2.71. The Morgan fingerprint density at radius 3 is 2.70 bits per heavy atom. The topological polar surface area (TPSA) is 63.2 Å². The minimum atomic E-state index is -0.0842. The van der Waals surface area contributed by atoms with Crippen molar-refractivity contribution in [3.8, 4) is 5.75 Å². The van der Waals surface area contributed by atoms with E-state index in [0.717, 1.165) is 17.0 Å². The first-order valence-electron chi connectivity index (χ1n) is 6.31. The Kier molecular flexibility index (Phi) is 5.08. The molecule has 0 aliphatic rings. The SMILES string of the molecule is COc1ccc(NC(=O)CNCc2cccnc2)cc1. The number of benzene rings is 1. The molecule has 0 bridgehead atoms. The molecule has 1 aromatic heterocycles. The van der Waals surface area contributed by atoms with Crippen molar-refractivity contribution in [2.24, 2.45) is 0 Å². The van der Waals surface area contributed by atoms with Gasteiger partial charge in [-0.2, -0.15) is 0 Å². The fourth-order valence-electron chi connectivity index (χ4n) is 1.70. The molecule has 1 amide bonds. The number of hydrogen-bond acceptors (Lipinski definition) is 4. The van der Waals surface area contributed by atoms with Crippen LogP contribution >= 0.6 is 0 Å². The van der Waals surface area contributed by atoms with Crippen LogP contribution in [-0.4, -0.2) is 24.5 Å². The second-order valence-electron chi connectivity index (χ2n) is 4.24. The lowest BCUT2D eigenvalue weighted by Gasteiger charge is -2.07. The average Bonchev–Trinajstić information content (AvgIpc) is 2.49. The van der Waals surface area contributed by atoms with E-state index in [1.165, 1.54) is 0 Å². The minimum absolute atomic E-state index is 0.0842. The van der Waals surface area contributed by atoms with Crippen LogP contribution in [0.5, 0.6) is 5.75 Å². The van der Waals surface area contributed by atoms with Crippen molar-refractivity contribution in [1.29, 1.82) is 0 Å². The highest BCUT2D eigenvalue weighted by Crippen LogP contribution is 2.14. The van der Waals surface area contributed by atoms with Gasteiger partial charge in [0.1, 0.15) is 5.75 Å². The third-order valence-electron chi connectivity index (χ3n) is 2.71. The van der Waals surface area contributed by atoms with Crippen LogP contribution in [0.15, 0.2) is 48.8 Å². The fraction of sp³-hybridized carbons (Fsp3) is 0.200. The summed E-state index contributed by atoms with van der Waals surface area (Å²) < 4.78 is 5.06. The average molecular weight is 271 g/mol. The van der Waals surface area contributed by atoms with Gasteiger partial charge in [-0.05, 0) is 35.9 Å². The number of nitrogens with one attached hydrogen (secondary N) is 2. The molecule has 5 nitrogen and oxygen atoms in total. The molecular weight excluding hydrogens is 254 g/mol. The highest BCUT2D eigenvalue weighted by Gasteiger charge is 2.02. The number of anilines is 1. The van der Waals surface area contributed by atoms with Crippen molar-refractivity contribution < 1.29 is 9.53 Å². The molecule has 0 unspecified atom stereocenters. The lowest BCUT2D eigenvalue weighted by atomic mass is 10.3. The predicted octanol–water partition coefficient (Wildman–Crippen LogP) is 1.82. The number of pyridine rings is 1. The predicted molar refractivity (Wildman–Crippen MR) is 77.6 cm³/mol. The van der Waals surface area contributed by atoms with Gasteiger partial charge in [0.25, 0.3) is 0 Å². The van der Waals surface area contributed by atoms with Gasteiger partial charge >= 0.3 is 0 Å². The number of nitrogens with zero attached hydrogens (tertiary/aromatic N) is 1. The van der Waals surface area contributed by atoms with Gasteiger partial charge in [0.05, 0.1) is 13.7 Å². The van der Waals surface area contributed by atoms with Crippen molar-refractivity contribution in [3.63, 3.8) is 0 Å². The standard InChI is InChI=1S/C15H17N3O2/c1-20-14-6-4-13(5-7-14)18-15(19)11-17-10-12-3-2-8-16-9-12/h2-9,17H,10-11H2,1H3,(H,18,19). The Morgan fingerprint density at radius 2 is 2.05 bits per heavy atom. The van der Waals surface area contributed by atoms with E-state index in [1.54, 1.807) is 43.8 Å². The smallest absolute Gasteiger partial charge is 0.238 e. The molecule has 0 atom stereocenters.